The Balaban J connectivity index is 1.82. The molecule has 0 amide bonds. The van der Waals surface area contributed by atoms with E-state index in [1.807, 2.05) is 12.1 Å². The summed E-state index contributed by atoms with van der Waals surface area (Å²) >= 11 is 3.93. The predicted octanol–water partition coefficient (Wildman–Crippen LogP) is 6.98. The second-order valence-corrected chi connectivity index (χ2v) is 9.42. The Labute approximate surface area is 180 Å². The topological polar surface area (TPSA) is 31.2 Å². The van der Waals surface area contributed by atoms with Gasteiger partial charge in [0.1, 0.15) is 0 Å². The quantitative estimate of drug-likeness (QED) is 0.310. The zero-order valence-electron chi connectivity index (χ0n) is 16.8. The molecule has 3 nitrogen and oxygen atoms in total. The molecule has 0 radical (unpaired) electrons. The number of aryl methyl sites for hydroxylation is 1. The summed E-state index contributed by atoms with van der Waals surface area (Å²) in [6, 6.07) is 14.9. The van der Waals surface area contributed by atoms with Crippen molar-refractivity contribution in [3.8, 4) is 11.3 Å². The monoisotopic (exact) mass is 451 g/mol. The number of carbonyl (C=O) groups is 1. The number of ether oxygens (including phenoxy) is 1. The molecule has 1 fully saturated rings. The maximum Gasteiger partial charge on any atom is 0.337 e. The van der Waals surface area contributed by atoms with Crippen LogP contribution < -0.4 is 0 Å². The van der Waals surface area contributed by atoms with Crippen LogP contribution in [0.15, 0.2) is 42.5 Å². The molecule has 1 aromatic heterocycles. The van der Waals surface area contributed by atoms with Gasteiger partial charge in [0.25, 0.3) is 0 Å². The molecular weight excluding hydrogens is 426 g/mol. The van der Waals surface area contributed by atoms with Gasteiger partial charge in [0.15, 0.2) is 0 Å². The molecule has 2 aromatic carbocycles. The van der Waals surface area contributed by atoms with Gasteiger partial charge in [-0.05, 0) is 48.4 Å². The molecule has 1 saturated carbocycles. The number of methoxy groups -OCH3 is 1. The van der Waals surface area contributed by atoms with Crippen LogP contribution in [0.2, 0.25) is 0 Å². The van der Waals surface area contributed by atoms with E-state index < -0.39 is 0 Å². The number of hydrogen-bond acceptors (Lipinski definition) is 2. The van der Waals surface area contributed by atoms with Crippen molar-refractivity contribution in [3.05, 3.63) is 59.2 Å². The van der Waals surface area contributed by atoms with E-state index in [0.29, 0.717) is 16.3 Å². The van der Waals surface area contributed by atoms with Gasteiger partial charge in [0.2, 0.25) is 0 Å². The molecular formula is C25H26BrNO2. The van der Waals surface area contributed by atoms with Crippen molar-refractivity contribution in [2.75, 3.05) is 7.11 Å². The van der Waals surface area contributed by atoms with Crippen LogP contribution in [-0.4, -0.2) is 17.6 Å². The number of alkyl halides is 1. The maximum absolute atomic E-state index is 12.2. The minimum atomic E-state index is -0.269. The van der Waals surface area contributed by atoms with Crippen molar-refractivity contribution < 1.29 is 9.53 Å². The Hall–Kier alpha value is -2.07. The average molecular weight is 452 g/mol. The summed E-state index contributed by atoms with van der Waals surface area (Å²) in [5, 5.41) is 1.31. The Morgan fingerprint density at radius 2 is 1.86 bits per heavy atom. The summed E-state index contributed by atoms with van der Waals surface area (Å²) in [4.78, 5) is 12.6. The van der Waals surface area contributed by atoms with E-state index in [-0.39, 0.29) is 5.97 Å². The van der Waals surface area contributed by atoms with Crippen LogP contribution >= 0.6 is 15.9 Å². The van der Waals surface area contributed by atoms with Gasteiger partial charge in [-0.1, -0.05) is 65.5 Å². The summed E-state index contributed by atoms with van der Waals surface area (Å²) in [7, 11) is 1.45. The fourth-order valence-corrected chi connectivity index (χ4v) is 5.94. The van der Waals surface area contributed by atoms with Gasteiger partial charge in [-0.2, -0.15) is 0 Å². The van der Waals surface area contributed by atoms with Crippen LogP contribution in [0.1, 0.15) is 70.8 Å². The number of benzene rings is 2. The Morgan fingerprint density at radius 3 is 2.66 bits per heavy atom. The van der Waals surface area contributed by atoms with E-state index in [1.165, 1.54) is 72.5 Å². The summed E-state index contributed by atoms with van der Waals surface area (Å²) < 4.78 is 7.46. The second kappa shape index (κ2) is 7.64. The molecule has 0 spiro atoms. The highest BCUT2D eigenvalue weighted by Crippen LogP contribution is 2.48. The molecule has 4 heteroatoms. The normalized spacial score (nSPS) is 19.4. The van der Waals surface area contributed by atoms with Crippen LogP contribution in [-0.2, 0) is 11.3 Å². The molecule has 29 heavy (non-hydrogen) atoms. The highest BCUT2D eigenvalue weighted by atomic mass is 79.9. The first-order valence-corrected chi connectivity index (χ1v) is 11.6. The number of halogens is 1. The number of aromatic nitrogens is 1. The molecule has 0 bridgehead atoms. The number of esters is 1. The fourth-order valence-electron chi connectivity index (χ4n) is 5.33. The van der Waals surface area contributed by atoms with Gasteiger partial charge in [0.05, 0.1) is 18.4 Å². The Kier molecular flexibility index (Phi) is 4.99. The molecule has 0 N–H and O–H groups in total. The minimum Gasteiger partial charge on any atom is -0.465 e. The zero-order chi connectivity index (χ0) is 20.0. The average Bonchev–Trinajstić information content (AvgIpc) is 3.02. The number of rotatable bonds is 2. The summed E-state index contributed by atoms with van der Waals surface area (Å²) in [6.45, 7) is 0.938. The molecule has 1 unspecified atom stereocenters. The number of hydrogen-bond donors (Lipinski definition) is 0. The van der Waals surface area contributed by atoms with Crippen molar-refractivity contribution in [1.82, 2.24) is 4.57 Å². The van der Waals surface area contributed by atoms with Crippen LogP contribution in [0.5, 0.6) is 0 Å². The van der Waals surface area contributed by atoms with E-state index in [4.69, 9.17) is 4.74 Å². The second-order valence-electron chi connectivity index (χ2n) is 8.32. The Bertz CT molecular complexity index is 1080. The largest absolute Gasteiger partial charge is 0.465 e. The van der Waals surface area contributed by atoms with Gasteiger partial charge in [0, 0.05) is 27.8 Å². The van der Waals surface area contributed by atoms with Gasteiger partial charge in [-0.25, -0.2) is 4.79 Å². The Morgan fingerprint density at radius 1 is 1.07 bits per heavy atom. The molecule has 1 atom stereocenters. The van der Waals surface area contributed by atoms with E-state index in [0.717, 1.165) is 13.0 Å². The standard InChI is InChI=1S/C25H26BrNO2/c1-29-25(28)17-11-12-20-22(15-17)27-14-13-21(26)18-9-5-6-10-19(18)24(27)23(20)16-7-3-2-4-8-16/h5-6,9-12,15-16,21H,2-4,7-8,13-14H2,1H3. The lowest BCUT2D eigenvalue weighted by atomic mass is 9.81. The van der Waals surface area contributed by atoms with Gasteiger partial charge < -0.3 is 9.30 Å². The van der Waals surface area contributed by atoms with E-state index >= 15 is 0 Å². The van der Waals surface area contributed by atoms with Gasteiger partial charge in [-0.15, -0.1) is 0 Å². The van der Waals surface area contributed by atoms with Crippen molar-refractivity contribution in [2.45, 2.75) is 55.8 Å². The zero-order valence-corrected chi connectivity index (χ0v) is 18.4. The molecule has 150 valence electrons. The molecule has 1 aliphatic heterocycles. The third-order valence-electron chi connectivity index (χ3n) is 6.70. The van der Waals surface area contributed by atoms with E-state index in [2.05, 4.69) is 50.8 Å². The molecule has 3 aromatic rings. The van der Waals surface area contributed by atoms with Crippen LogP contribution in [0.4, 0.5) is 0 Å². The smallest absolute Gasteiger partial charge is 0.337 e. The van der Waals surface area contributed by atoms with Gasteiger partial charge >= 0.3 is 5.97 Å². The fraction of sp³-hybridized carbons (Fsp3) is 0.400. The van der Waals surface area contributed by atoms with Crippen molar-refractivity contribution in [2.24, 2.45) is 0 Å². The minimum absolute atomic E-state index is 0.269. The first kappa shape index (κ1) is 18.9. The highest BCUT2D eigenvalue weighted by molar-refractivity contribution is 9.09. The first-order valence-electron chi connectivity index (χ1n) is 10.7. The molecule has 2 heterocycles. The summed E-state index contributed by atoms with van der Waals surface area (Å²) in [5.74, 6) is 0.320. The van der Waals surface area contributed by atoms with Crippen LogP contribution in [0, 0.1) is 0 Å². The van der Waals surface area contributed by atoms with E-state index in [9.17, 15) is 4.79 Å². The lowest BCUT2D eigenvalue weighted by Crippen LogP contribution is -2.06. The van der Waals surface area contributed by atoms with Crippen molar-refractivity contribution in [1.29, 1.82) is 0 Å². The van der Waals surface area contributed by atoms with Crippen molar-refractivity contribution in [3.63, 3.8) is 0 Å². The SMILES string of the molecule is COC(=O)c1ccc2c(C3CCCCC3)c3n(c2c1)CCC(Br)c1ccccc1-3. The third-order valence-corrected chi connectivity index (χ3v) is 7.65. The number of carbonyl (C=O) groups excluding carboxylic acids is 1. The third kappa shape index (κ3) is 3.13. The van der Waals surface area contributed by atoms with E-state index in [1.54, 1.807) is 0 Å². The van der Waals surface area contributed by atoms with Crippen LogP contribution in [0.3, 0.4) is 0 Å². The first-order chi connectivity index (χ1) is 14.2. The van der Waals surface area contributed by atoms with Crippen LogP contribution in [0.25, 0.3) is 22.2 Å². The lowest BCUT2D eigenvalue weighted by Gasteiger charge is -2.24. The summed E-state index contributed by atoms with van der Waals surface area (Å²) in [5.41, 5.74) is 7.36. The van der Waals surface area contributed by atoms with Gasteiger partial charge in [-0.3, -0.25) is 0 Å². The summed E-state index contributed by atoms with van der Waals surface area (Å²) in [6.07, 6.45) is 7.49. The molecule has 0 saturated heterocycles. The molecule has 5 rings (SSSR count). The molecule has 2 aliphatic rings. The lowest BCUT2D eigenvalue weighted by molar-refractivity contribution is 0.0601. The van der Waals surface area contributed by atoms with Crippen molar-refractivity contribution >= 4 is 32.8 Å². The predicted molar refractivity (Wildman–Crippen MR) is 121 cm³/mol. The highest BCUT2D eigenvalue weighted by Gasteiger charge is 2.30. The number of nitrogens with zero attached hydrogens (tertiary/aromatic N) is 1. The molecule has 1 aliphatic carbocycles. The number of fused-ring (bicyclic) bond motifs is 5. The maximum atomic E-state index is 12.2.